The molecule has 0 unspecified atom stereocenters. The number of aryl methyl sites for hydroxylation is 1. The number of hydrogen-bond donors (Lipinski definition) is 2. The van der Waals surface area contributed by atoms with E-state index in [4.69, 9.17) is 5.84 Å². The predicted molar refractivity (Wildman–Crippen MR) is 79.2 cm³/mol. The van der Waals surface area contributed by atoms with Gasteiger partial charge in [-0.05, 0) is 26.0 Å². The maximum Gasteiger partial charge on any atom is 0.274 e. The summed E-state index contributed by atoms with van der Waals surface area (Å²) < 4.78 is 0. The number of nitrogens with two attached hydrogens (primary N) is 1. The number of hydrazine groups is 1. The first-order valence-electron chi connectivity index (χ1n) is 6.64. The lowest BCUT2D eigenvalue weighted by Gasteiger charge is -2.20. The summed E-state index contributed by atoms with van der Waals surface area (Å²) in [5.74, 6) is 5.45. The molecule has 0 saturated carbocycles. The van der Waals surface area contributed by atoms with E-state index in [-0.39, 0.29) is 11.6 Å². The zero-order valence-electron chi connectivity index (χ0n) is 12.1. The normalized spacial score (nSPS) is 10.2. The highest BCUT2D eigenvalue weighted by Crippen LogP contribution is 2.08. The molecule has 0 bridgehead atoms. The second kappa shape index (κ2) is 6.76. The Labute approximate surface area is 123 Å². The number of nitrogen functional groups attached to an aromatic ring is 1. The molecule has 7 nitrogen and oxygen atoms in total. The fraction of sp³-hybridized carbons (Fsp3) is 0.286. The summed E-state index contributed by atoms with van der Waals surface area (Å²) in [6.45, 7) is 4.84. The number of carbonyl (C=O) groups excluding carboxylic acids is 1. The van der Waals surface area contributed by atoms with Gasteiger partial charge in [-0.3, -0.25) is 9.78 Å². The molecule has 0 atom stereocenters. The van der Waals surface area contributed by atoms with Gasteiger partial charge < -0.3 is 10.3 Å². The number of pyridine rings is 1. The Bertz CT molecular complexity index is 613. The van der Waals surface area contributed by atoms with Crippen molar-refractivity contribution in [3.8, 4) is 0 Å². The fourth-order valence-electron chi connectivity index (χ4n) is 1.89. The lowest BCUT2D eigenvalue weighted by atomic mass is 10.2. The summed E-state index contributed by atoms with van der Waals surface area (Å²) in [6, 6.07) is 5.75. The molecule has 0 aliphatic carbocycles. The van der Waals surface area contributed by atoms with E-state index in [9.17, 15) is 4.79 Å². The van der Waals surface area contributed by atoms with Crippen molar-refractivity contribution in [3.05, 3.63) is 47.7 Å². The van der Waals surface area contributed by atoms with Crippen LogP contribution in [0.1, 0.15) is 28.8 Å². The SMILES string of the molecule is CCN(Cc1cccc(C)n1)C(=O)c1cnc(NN)cn1. The third kappa shape index (κ3) is 3.73. The molecule has 2 aromatic rings. The molecule has 0 aliphatic rings. The number of amides is 1. The van der Waals surface area contributed by atoms with E-state index in [1.54, 1.807) is 4.90 Å². The minimum Gasteiger partial charge on any atom is -0.332 e. The topological polar surface area (TPSA) is 97.0 Å². The molecule has 0 aliphatic heterocycles. The second-order valence-corrected chi connectivity index (χ2v) is 4.52. The number of rotatable bonds is 5. The number of nitrogens with zero attached hydrogens (tertiary/aromatic N) is 4. The molecule has 2 rings (SSSR count). The molecular weight excluding hydrogens is 268 g/mol. The fourth-order valence-corrected chi connectivity index (χ4v) is 1.89. The quantitative estimate of drug-likeness (QED) is 0.631. The molecule has 21 heavy (non-hydrogen) atoms. The molecule has 3 N–H and O–H groups in total. The van der Waals surface area contributed by atoms with Crippen molar-refractivity contribution in [2.24, 2.45) is 5.84 Å². The predicted octanol–water partition coefficient (Wildman–Crippen LogP) is 1.13. The zero-order chi connectivity index (χ0) is 15.2. The van der Waals surface area contributed by atoms with Crippen LogP contribution in [-0.2, 0) is 6.54 Å². The van der Waals surface area contributed by atoms with E-state index in [2.05, 4.69) is 20.4 Å². The Hall–Kier alpha value is -2.54. The van der Waals surface area contributed by atoms with Crippen LogP contribution in [0.25, 0.3) is 0 Å². The summed E-state index contributed by atoms with van der Waals surface area (Å²) in [5.41, 5.74) is 4.43. The van der Waals surface area contributed by atoms with Gasteiger partial charge in [-0.2, -0.15) is 0 Å². The van der Waals surface area contributed by atoms with E-state index in [1.807, 2.05) is 32.0 Å². The lowest BCUT2D eigenvalue weighted by Crippen LogP contribution is -2.31. The van der Waals surface area contributed by atoms with E-state index >= 15 is 0 Å². The standard InChI is InChI=1S/C14H18N6O/c1-3-20(9-11-6-4-5-10(2)18-11)14(21)12-7-17-13(19-15)8-16-12/h4-8H,3,9,15H2,1-2H3,(H,17,19). The maximum atomic E-state index is 12.4. The largest absolute Gasteiger partial charge is 0.332 e. The Balaban J connectivity index is 2.14. The summed E-state index contributed by atoms with van der Waals surface area (Å²) in [6.07, 6.45) is 2.83. The number of anilines is 1. The van der Waals surface area contributed by atoms with Gasteiger partial charge in [0, 0.05) is 12.2 Å². The van der Waals surface area contributed by atoms with Crippen LogP contribution in [0.3, 0.4) is 0 Å². The Morgan fingerprint density at radius 3 is 2.71 bits per heavy atom. The molecule has 0 radical (unpaired) electrons. The Morgan fingerprint density at radius 1 is 1.33 bits per heavy atom. The third-order valence-corrected chi connectivity index (χ3v) is 2.99. The van der Waals surface area contributed by atoms with Crippen molar-refractivity contribution in [2.75, 3.05) is 12.0 Å². The summed E-state index contributed by atoms with van der Waals surface area (Å²) in [7, 11) is 0. The Kier molecular flexibility index (Phi) is 4.78. The zero-order valence-corrected chi connectivity index (χ0v) is 12.1. The van der Waals surface area contributed by atoms with Crippen molar-refractivity contribution in [3.63, 3.8) is 0 Å². The highest BCUT2D eigenvalue weighted by molar-refractivity contribution is 5.92. The molecule has 0 fully saturated rings. The van der Waals surface area contributed by atoms with Gasteiger partial charge in [0.2, 0.25) is 0 Å². The highest BCUT2D eigenvalue weighted by Gasteiger charge is 2.16. The van der Waals surface area contributed by atoms with E-state index < -0.39 is 0 Å². The molecule has 0 spiro atoms. The van der Waals surface area contributed by atoms with Crippen LogP contribution in [0.2, 0.25) is 0 Å². The molecule has 7 heteroatoms. The molecule has 0 aromatic carbocycles. The van der Waals surface area contributed by atoms with Crippen molar-refractivity contribution in [1.82, 2.24) is 19.9 Å². The summed E-state index contributed by atoms with van der Waals surface area (Å²) in [5, 5.41) is 0. The smallest absolute Gasteiger partial charge is 0.274 e. The number of aromatic nitrogens is 3. The van der Waals surface area contributed by atoms with Crippen LogP contribution in [-0.4, -0.2) is 32.3 Å². The number of hydrogen-bond acceptors (Lipinski definition) is 6. The van der Waals surface area contributed by atoms with Gasteiger partial charge in [0.15, 0.2) is 5.82 Å². The maximum absolute atomic E-state index is 12.4. The molecule has 110 valence electrons. The average Bonchev–Trinajstić information content (AvgIpc) is 2.52. The van der Waals surface area contributed by atoms with Crippen molar-refractivity contribution >= 4 is 11.7 Å². The average molecular weight is 286 g/mol. The molecule has 1 amide bonds. The van der Waals surface area contributed by atoms with Crippen LogP contribution < -0.4 is 11.3 Å². The third-order valence-electron chi connectivity index (χ3n) is 2.99. The van der Waals surface area contributed by atoms with Crippen molar-refractivity contribution in [1.29, 1.82) is 0 Å². The van der Waals surface area contributed by atoms with E-state index in [0.29, 0.717) is 18.9 Å². The van der Waals surface area contributed by atoms with E-state index in [1.165, 1.54) is 12.4 Å². The highest BCUT2D eigenvalue weighted by atomic mass is 16.2. The van der Waals surface area contributed by atoms with Gasteiger partial charge >= 0.3 is 0 Å². The lowest BCUT2D eigenvalue weighted by molar-refractivity contribution is 0.0744. The molecule has 2 heterocycles. The van der Waals surface area contributed by atoms with Gasteiger partial charge in [0.25, 0.3) is 5.91 Å². The summed E-state index contributed by atoms with van der Waals surface area (Å²) >= 11 is 0. The van der Waals surface area contributed by atoms with Gasteiger partial charge in [-0.25, -0.2) is 15.8 Å². The monoisotopic (exact) mass is 286 g/mol. The summed E-state index contributed by atoms with van der Waals surface area (Å²) in [4.78, 5) is 26.5. The van der Waals surface area contributed by atoms with Crippen LogP contribution in [0.15, 0.2) is 30.6 Å². The van der Waals surface area contributed by atoms with Crippen molar-refractivity contribution < 1.29 is 4.79 Å². The first-order valence-corrected chi connectivity index (χ1v) is 6.64. The van der Waals surface area contributed by atoms with Crippen molar-refractivity contribution in [2.45, 2.75) is 20.4 Å². The van der Waals surface area contributed by atoms with E-state index in [0.717, 1.165) is 11.4 Å². The Morgan fingerprint density at radius 2 is 2.14 bits per heavy atom. The van der Waals surface area contributed by atoms with Gasteiger partial charge in [0.05, 0.1) is 24.6 Å². The van der Waals surface area contributed by atoms with Gasteiger partial charge in [-0.15, -0.1) is 0 Å². The second-order valence-electron chi connectivity index (χ2n) is 4.52. The van der Waals surface area contributed by atoms with Crippen LogP contribution in [0.4, 0.5) is 5.82 Å². The number of nitrogens with one attached hydrogen (secondary N) is 1. The minimum atomic E-state index is -0.183. The molecular formula is C14H18N6O. The minimum absolute atomic E-state index is 0.183. The molecule has 2 aromatic heterocycles. The first-order chi connectivity index (χ1) is 10.1. The van der Waals surface area contributed by atoms with Gasteiger partial charge in [0.1, 0.15) is 5.69 Å². The van der Waals surface area contributed by atoms with Crippen LogP contribution >= 0.6 is 0 Å². The van der Waals surface area contributed by atoms with Crippen LogP contribution in [0.5, 0.6) is 0 Å². The first kappa shape index (κ1) is 14.9. The van der Waals surface area contributed by atoms with Gasteiger partial charge in [-0.1, -0.05) is 6.07 Å². The van der Waals surface area contributed by atoms with Crippen LogP contribution in [0, 0.1) is 6.92 Å². The number of carbonyl (C=O) groups is 1. The molecule has 0 saturated heterocycles.